The standard InChI is InChI=1S/C13H17N3/c1-9-4-5-10(2)13(6-9)16-11(3)7-12(8-14)15-16/h4-7H,8,14H2,1-3H3. The molecular formula is C13H17N3. The second-order valence-corrected chi connectivity index (χ2v) is 4.18. The molecule has 0 fully saturated rings. The van der Waals surface area contributed by atoms with E-state index in [1.807, 2.05) is 17.7 Å². The van der Waals surface area contributed by atoms with Gasteiger partial charge >= 0.3 is 0 Å². The lowest BCUT2D eigenvalue weighted by atomic mass is 10.1. The summed E-state index contributed by atoms with van der Waals surface area (Å²) in [7, 11) is 0. The van der Waals surface area contributed by atoms with Crippen LogP contribution in [0.4, 0.5) is 0 Å². The van der Waals surface area contributed by atoms with Crippen LogP contribution in [-0.2, 0) is 6.54 Å². The van der Waals surface area contributed by atoms with E-state index in [0.717, 1.165) is 17.1 Å². The molecule has 2 aromatic rings. The average Bonchev–Trinajstić information content (AvgIpc) is 2.63. The summed E-state index contributed by atoms with van der Waals surface area (Å²) in [6.07, 6.45) is 0. The van der Waals surface area contributed by atoms with Gasteiger partial charge in [-0.1, -0.05) is 12.1 Å². The maximum Gasteiger partial charge on any atom is 0.0767 e. The fraction of sp³-hybridized carbons (Fsp3) is 0.308. The molecule has 0 amide bonds. The van der Waals surface area contributed by atoms with Crippen molar-refractivity contribution in [3.63, 3.8) is 0 Å². The van der Waals surface area contributed by atoms with Crippen LogP contribution in [0.1, 0.15) is 22.5 Å². The first-order valence-corrected chi connectivity index (χ1v) is 5.45. The molecule has 3 nitrogen and oxygen atoms in total. The van der Waals surface area contributed by atoms with E-state index in [9.17, 15) is 0 Å². The van der Waals surface area contributed by atoms with Gasteiger partial charge in [-0.25, -0.2) is 4.68 Å². The van der Waals surface area contributed by atoms with Crippen molar-refractivity contribution in [1.29, 1.82) is 0 Å². The van der Waals surface area contributed by atoms with Crippen molar-refractivity contribution in [3.8, 4) is 5.69 Å². The minimum absolute atomic E-state index is 0.485. The molecule has 0 spiro atoms. The summed E-state index contributed by atoms with van der Waals surface area (Å²) >= 11 is 0. The molecule has 0 saturated carbocycles. The lowest BCUT2D eigenvalue weighted by molar-refractivity contribution is 0.806. The molecule has 1 aromatic heterocycles. The smallest absolute Gasteiger partial charge is 0.0767 e. The highest BCUT2D eigenvalue weighted by Crippen LogP contribution is 2.17. The minimum atomic E-state index is 0.485. The van der Waals surface area contributed by atoms with E-state index in [0.29, 0.717) is 6.54 Å². The average molecular weight is 215 g/mol. The number of hydrogen-bond acceptors (Lipinski definition) is 2. The van der Waals surface area contributed by atoms with Crippen LogP contribution in [0.25, 0.3) is 5.69 Å². The highest BCUT2D eigenvalue weighted by Gasteiger charge is 2.07. The van der Waals surface area contributed by atoms with Crippen molar-refractivity contribution in [2.24, 2.45) is 5.73 Å². The first-order valence-electron chi connectivity index (χ1n) is 5.45. The Hall–Kier alpha value is -1.61. The molecule has 0 aliphatic carbocycles. The van der Waals surface area contributed by atoms with E-state index in [1.165, 1.54) is 11.1 Å². The third-order valence-electron chi connectivity index (χ3n) is 2.74. The van der Waals surface area contributed by atoms with Crippen LogP contribution in [0.2, 0.25) is 0 Å². The summed E-state index contributed by atoms with van der Waals surface area (Å²) in [5, 5.41) is 4.49. The number of hydrogen-bond donors (Lipinski definition) is 1. The number of nitrogens with zero attached hydrogens (tertiary/aromatic N) is 2. The molecule has 0 aliphatic rings. The summed E-state index contributed by atoms with van der Waals surface area (Å²) in [4.78, 5) is 0. The Morgan fingerprint density at radius 2 is 1.94 bits per heavy atom. The molecule has 16 heavy (non-hydrogen) atoms. The summed E-state index contributed by atoms with van der Waals surface area (Å²) in [5.41, 5.74) is 11.3. The van der Waals surface area contributed by atoms with Crippen molar-refractivity contribution in [3.05, 3.63) is 46.8 Å². The van der Waals surface area contributed by atoms with Crippen LogP contribution in [0.3, 0.4) is 0 Å². The van der Waals surface area contributed by atoms with Gasteiger partial charge in [0.15, 0.2) is 0 Å². The highest BCUT2D eigenvalue weighted by molar-refractivity contribution is 5.43. The molecule has 0 atom stereocenters. The van der Waals surface area contributed by atoms with E-state index >= 15 is 0 Å². The van der Waals surface area contributed by atoms with Crippen LogP contribution < -0.4 is 5.73 Å². The molecule has 3 heteroatoms. The Morgan fingerprint density at radius 1 is 1.19 bits per heavy atom. The van der Waals surface area contributed by atoms with Crippen molar-refractivity contribution in [1.82, 2.24) is 9.78 Å². The Labute approximate surface area is 95.9 Å². The van der Waals surface area contributed by atoms with Crippen molar-refractivity contribution in [2.75, 3.05) is 0 Å². The van der Waals surface area contributed by atoms with Gasteiger partial charge in [0, 0.05) is 12.2 Å². The quantitative estimate of drug-likeness (QED) is 0.835. The Morgan fingerprint density at radius 3 is 2.56 bits per heavy atom. The van der Waals surface area contributed by atoms with Gasteiger partial charge in [-0.2, -0.15) is 5.10 Å². The van der Waals surface area contributed by atoms with Crippen LogP contribution in [0.15, 0.2) is 24.3 Å². The Balaban J connectivity index is 2.57. The van der Waals surface area contributed by atoms with Crippen LogP contribution >= 0.6 is 0 Å². The molecule has 2 rings (SSSR count). The van der Waals surface area contributed by atoms with Gasteiger partial charge < -0.3 is 5.73 Å². The molecular weight excluding hydrogens is 198 g/mol. The van der Waals surface area contributed by atoms with Crippen molar-refractivity contribution < 1.29 is 0 Å². The van der Waals surface area contributed by atoms with E-state index < -0.39 is 0 Å². The summed E-state index contributed by atoms with van der Waals surface area (Å²) in [6, 6.07) is 8.41. The summed E-state index contributed by atoms with van der Waals surface area (Å²) in [5.74, 6) is 0. The fourth-order valence-corrected chi connectivity index (χ4v) is 1.83. The minimum Gasteiger partial charge on any atom is -0.325 e. The van der Waals surface area contributed by atoms with Crippen LogP contribution in [0, 0.1) is 20.8 Å². The number of nitrogens with two attached hydrogens (primary N) is 1. The molecule has 0 aliphatic heterocycles. The van der Waals surface area contributed by atoms with Crippen molar-refractivity contribution >= 4 is 0 Å². The van der Waals surface area contributed by atoms with E-state index in [4.69, 9.17) is 5.73 Å². The van der Waals surface area contributed by atoms with Crippen LogP contribution in [-0.4, -0.2) is 9.78 Å². The normalized spacial score (nSPS) is 10.8. The topological polar surface area (TPSA) is 43.8 Å². The first kappa shape index (κ1) is 10.9. The van der Waals surface area contributed by atoms with E-state index in [2.05, 4.69) is 37.1 Å². The SMILES string of the molecule is Cc1ccc(C)c(-n2nc(CN)cc2C)c1. The molecule has 84 valence electrons. The van der Waals surface area contributed by atoms with E-state index in [-0.39, 0.29) is 0 Å². The number of aryl methyl sites for hydroxylation is 3. The van der Waals surface area contributed by atoms with E-state index in [1.54, 1.807) is 0 Å². The van der Waals surface area contributed by atoms with Gasteiger partial charge in [0.05, 0.1) is 11.4 Å². The molecule has 0 radical (unpaired) electrons. The second-order valence-electron chi connectivity index (χ2n) is 4.18. The van der Waals surface area contributed by atoms with Crippen LogP contribution in [0.5, 0.6) is 0 Å². The van der Waals surface area contributed by atoms with Gasteiger partial charge in [-0.15, -0.1) is 0 Å². The molecule has 2 N–H and O–H groups in total. The number of aromatic nitrogens is 2. The molecule has 0 bridgehead atoms. The monoisotopic (exact) mass is 215 g/mol. The second kappa shape index (κ2) is 4.10. The zero-order valence-corrected chi connectivity index (χ0v) is 9.99. The van der Waals surface area contributed by atoms with Crippen molar-refractivity contribution in [2.45, 2.75) is 27.3 Å². The predicted molar refractivity (Wildman–Crippen MR) is 65.7 cm³/mol. The van der Waals surface area contributed by atoms with Gasteiger partial charge in [0.2, 0.25) is 0 Å². The van der Waals surface area contributed by atoms with Gasteiger partial charge in [0.1, 0.15) is 0 Å². The zero-order valence-electron chi connectivity index (χ0n) is 9.99. The van der Waals surface area contributed by atoms with Gasteiger partial charge in [-0.05, 0) is 44.0 Å². The predicted octanol–water partition coefficient (Wildman–Crippen LogP) is 2.26. The largest absolute Gasteiger partial charge is 0.325 e. The number of benzene rings is 1. The first-order chi connectivity index (χ1) is 7.61. The third-order valence-corrected chi connectivity index (χ3v) is 2.74. The zero-order chi connectivity index (χ0) is 11.7. The maximum atomic E-state index is 5.60. The number of rotatable bonds is 2. The lowest BCUT2D eigenvalue weighted by Gasteiger charge is -2.09. The molecule has 1 aromatic carbocycles. The molecule has 0 saturated heterocycles. The fourth-order valence-electron chi connectivity index (χ4n) is 1.83. The summed E-state index contributed by atoms with van der Waals surface area (Å²) in [6.45, 7) is 6.72. The molecule has 0 unspecified atom stereocenters. The van der Waals surface area contributed by atoms with Gasteiger partial charge in [0.25, 0.3) is 0 Å². The third kappa shape index (κ3) is 1.86. The Bertz CT molecular complexity index is 512. The maximum absolute atomic E-state index is 5.60. The van der Waals surface area contributed by atoms with Gasteiger partial charge in [-0.3, -0.25) is 0 Å². The lowest BCUT2D eigenvalue weighted by Crippen LogP contribution is -2.03. The molecule has 1 heterocycles. The highest BCUT2D eigenvalue weighted by atomic mass is 15.3. The Kier molecular flexibility index (Phi) is 2.79. The summed E-state index contributed by atoms with van der Waals surface area (Å²) < 4.78 is 1.96.